The smallest absolute Gasteiger partial charge is 0.254 e. The molecule has 0 N–H and O–H groups in total. The molecule has 1 unspecified atom stereocenters. The van der Waals surface area contributed by atoms with Crippen LogP contribution in [0.2, 0.25) is 0 Å². The molecule has 1 aliphatic rings. The Morgan fingerprint density at radius 2 is 1.76 bits per heavy atom. The van der Waals surface area contributed by atoms with Gasteiger partial charge in [0.1, 0.15) is 6.04 Å². The first-order valence-electron chi connectivity index (χ1n) is 9.25. The summed E-state index contributed by atoms with van der Waals surface area (Å²) in [7, 11) is 4.56. The van der Waals surface area contributed by atoms with E-state index in [0.29, 0.717) is 49.0 Å². The number of carbonyl (C=O) groups excluding carboxylic acids is 1. The van der Waals surface area contributed by atoms with E-state index in [2.05, 4.69) is 16.0 Å². The third-order valence-electron chi connectivity index (χ3n) is 5.00. The first kappa shape index (κ1) is 20.4. The second-order valence-electron chi connectivity index (χ2n) is 6.56. The van der Waals surface area contributed by atoms with Crippen LogP contribution < -0.4 is 14.2 Å². The van der Waals surface area contributed by atoms with E-state index in [0.717, 1.165) is 5.56 Å². The summed E-state index contributed by atoms with van der Waals surface area (Å²) >= 11 is 0. The highest BCUT2D eigenvalue weighted by molar-refractivity contribution is 5.95. The van der Waals surface area contributed by atoms with Crippen LogP contribution in [-0.2, 0) is 0 Å². The van der Waals surface area contributed by atoms with Crippen LogP contribution in [0, 0.1) is 11.3 Å². The van der Waals surface area contributed by atoms with Gasteiger partial charge in [-0.3, -0.25) is 14.7 Å². The molecule has 3 rings (SSSR count). The molecule has 1 atom stereocenters. The number of benzene rings is 1. The molecule has 2 aromatic rings. The number of carbonyl (C=O) groups is 1. The van der Waals surface area contributed by atoms with Gasteiger partial charge in [0.2, 0.25) is 5.75 Å². The molecule has 0 radical (unpaired) electrons. The summed E-state index contributed by atoms with van der Waals surface area (Å²) in [6.45, 7) is 2.24. The number of amides is 1. The summed E-state index contributed by atoms with van der Waals surface area (Å²) < 4.78 is 16.0. The number of ether oxygens (including phenoxy) is 3. The second-order valence-corrected chi connectivity index (χ2v) is 6.56. The predicted molar refractivity (Wildman–Crippen MR) is 106 cm³/mol. The highest BCUT2D eigenvalue weighted by Crippen LogP contribution is 2.38. The summed E-state index contributed by atoms with van der Waals surface area (Å²) in [5.41, 5.74) is 1.33. The molecule has 152 valence electrons. The molecule has 29 heavy (non-hydrogen) atoms. The van der Waals surface area contributed by atoms with Crippen LogP contribution in [0.3, 0.4) is 0 Å². The maximum Gasteiger partial charge on any atom is 0.254 e. The normalized spacial score (nSPS) is 15.3. The molecule has 1 aromatic carbocycles. The van der Waals surface area contributed by atoms with Gasteiger partial charge in [-0.1, -0.05) is 6.07 Å². The number of piperazine rings is 1. The van der Waals surface area contributed by atoms with Crippen molar-refractivity contribution >= 4 is 5.91 Å². The first-order valence-corrected chi connectivity index (χ1v) is 9.25. The summed E-state index contributed by atoms with van der Waals surface area (Å²) in [5, 5.41) is 9.61. The minimum atomic E-state index is -0.373. The average Bonchev–Trinajstić information content (AvgIpc) is 2.79. The molecular formula is C21H24N4O4. The Morgan fingerprint density at radius 3 is 2.24 bits per heavy atom. The van der Waals surface area contributed by atoms with Crippen molar-refractivity contribution < 1.29 is 19.0 Å². The lowest BCUT2D eigenvalue weighted by molar-refractivity contribution is 0.0605. The summed E-state index contributed by atoms with van der Waals surface area (Å²) in [4.78, 5) is 21.0. The predicted octanol–water partition coefficient (Wildman–Crippen LogP) is 2.13. The zero-order valence-electron chi connectivity index (χ0n) is 16.8. The van der Waals surface area contributed by atoms with Crippen LogP contribution in [-0.4, -0.2) is 68.2 Å². The zero-order valence-corrected chi connectivity index (χ0v) is 16.8. The minimum Gasteiger partial charge on any atom is -0.493 e. The largest absolute Gasteiger partial charge is 0.493 e. The van der Waals surface area contributed by atoms with Gasteiger partial charge in [0.15, 0.2) is 11.5 Å². The van der Waals surface area contributed by atoms with Gasteiger partial charge in [0.05, 0.1) is 27.4 Å². The monoisotopic (exact) mass is 396 g/mol. The number of nitriles is 1. The van der Waals surface area contributed by atoms with Crippen molar-refractivity contribution in [3.63, 3.8) is 0 Å². The summed E-state index contributed by atoms with van der Waals surface area (Å²) in [6.07, 6.45) is 3.40. The van der Waals surface area contributed by atoms with Crippen molar-refractivity contribution in [2.45, 2.75) is 6.04 Å². The maximum atomic E-state index is 13.0. The molecule has 0 saturated carbocycles. The summed E-state index contributed by atoms with van der Waals surface area (Å²) in [6, 6.07) is 9.00. The fraction of sp³-hybridized carbons (Fsp3) is 0.381. The van der Waals surface area contributed by atoms with Gasteiger partial charge in [0, 0.05) is 49.7 Å². The molecule has 8 nitrogen and oxygen atoms in total. The average molecular weight is 396 g/mol. The number of methoxy groups -OCH3 is 3. The molecule has 0 bridgehead atoms. The van der Waals surface area contributed by atoms with Gasteiger partial charge < -0.3 is 19.1 Å². The molecule has 1 saturated heterocycles. The Bertz CT molecular complexity index is 864. The van der Waals surface area contributed by atoms with Crippen LogP contribution in [0.25, 0.3) is 0 Å². The third kappa shape index (κ3) is 4.25. The van der Waals surface area contributed by atoms with E-state index in [1.165, 1.54) is 21.3 Å². The lowest BCUT2D eigenvalue weighted by atomic mass is 10.1. The van der Waals surface area contributed by atoms with E-state index in [-0.39, 0.29) is 11.9 Å². The van der Waals surface area contributed by atoms with E-state index >= 15 is 0 Å². The van der Waals surface area contributed by atoms with Crippen LogP contribution in [0.1, 0.15) is 22.0 Å². The van der Waals surface area contributed by atoms with Crippen LogP contribution in [0.15, 0.2) is 36.7 Å². The molecule has 1 amide bonds. The van der Waals surface area contributed by atoms with Gasteiger partial charge in [0.25, 0.3) is 5.91 Å². The summed E-state index contributed by atoms with van der Waals surface area (Å²) in [5.74, 6) is 1.22. The van der Waals surface area contributed by atoms with Crippen molar-refractivity contribution in [3.8, 4) is 23.3 Å². The van der Waals surface area contributed by atoms with Gasteiger partial charge >= 0.3 is 0 Å². The molecule has 0 spiro atoms. The molecule has 8 heteroatoms. The standard InChI is InChI=1S/C21H24N4O4/c1-27-18-11-16(12-19(28-2)20(18)29-3)21(26)25-9-7-24(8-10-25)17(13-22)15-5-4-6-23-14-15/h4-6,11-12,14,17H,7-10H2,1-3H3. The quantitative estimate of drug-likeness (QED) is 0.739. The number of pyridine rings is 1. The minimum absolute atomic E-state index is 0.112. The Balaban J connectivity index is 1.73. The molecule has 2 heterocycles. The Hall–Kier alpha value is -3.31. The number of aromatic nitrogens is 1. The molecule has 1 fully saturated rings. The van der Waals surface area contributed by atoms with Crippen molar-refractivity contribution in [1.29, 1.82) is 5.26 Å². The van der Waals surface area contributed by atoms with Crippen molar-refractivity contribution in [3.05, 3.63) is 47.8 Å². The Labute approximate surface area is 170 Å². The van der Waals surface area contributed by atoms with Crippen molar-refractivity contribution in [1.82, 2.24) is 14.8 Å². The molecule has 1 aliphatic heterocycles. The van der Waals surface area contributed by atoms with Gasteiger partial charge in [-0.25, -0.2) is 0 Å². The number of rotatable bonds is 6. The maximum absolute atomic E-state index is 13.0. The van der Waals surface area contributed by atoms with E-state index < -0.39 is 0 Å². The molecule has 0 aliphatic carbocycles. The van der Waals surface area contributed by atoms with Crippen LogP contribution in [0.4, 0.5) is 0 Å². The Morgan fingerprint density at radius 1 is 1.10 bits per heavy atom. The van der Waals surface area contributed by atoms with Crippen LogP contribution >= 0.6 is 0 Å². The van der Waals surface area contributed by atoms with Crippen molar-refractivity contribution in [2.24, 2.45) is 0 Å². The van der Waals surface area contributed by atoms with E-state index in [9.17, 15) is 10.1 Å². The zero-order chi connectivity index (χ0) is 20.8. The number of hydrogen-bond acceptors (Lipinski definition) is 7. The van der Waals surface area contributed by atoms with E-state index in [4.69, 9.17) is 14.2 Å². The lowest BCUT2D eigenvalue weighted by Crippen LogP contribution is -2.49. The van der Waals surface area contributed by atoms with E-state index in [1.807, 2.05) is 12.1 Å². The van der Waals surface area contributed by atoms with Gasteiger partial charge in [-0.2, -0.15) is 5.26 Å². The topological polar surface area (TPSA) is 87.9 Å². The van der Waals surface area contributed by atoms with Crippen molar-refractivity contribution in [2.75, 3.05) is 47.5 Å². The fourth-order valence-corrected chi connectivity index (χ4v) is 3.48. The fourth-order valence-electron chi connectivity index (χ4n) is 3.48. The number of nitrogens with zero attached hydrogens (tertiary/aromatic N) is 4. The molecule has 1 aromatic heterocycles. The lowest BCUT2D eigenvalue weighted by Gasteiger charge is -2.37. The highest BCUT2D eigenvalue weighted by atomic mass is 16.5. The number of hydrogen-bond donors (Lipinski definition) is 0. The highest BCUT2D eigenvalue weighted by Gasteiger charge is 2.28. The second kappa shape index (κ2) is 9.26. The van der Waals surface area contributed by atoms with Gasteiger partial charge in [-0.15, -0.1) is 0 Å². The third-order valence-corrected chi connectivity index (χ3v) is 5.00. The van der Waals surface area contributed by atoms with E-state index in [1.54, 1.807) is 29.4 Å². The SMILES string of the molecule is COc1cc(C(=O)N2CCN(C(C#N)c3cccnc3)CC2)cc(OC)c1OC. The first-order chi connectivity index (χ1) is 14.1. The molecular weight excluding hydrogens is 372 g/mol. The van der Waals surface area contributed by atoms with Crippen LogP contribution in [0.5, 0.6) is 17.2 Å². The Kier molecular flexibility index (Phi) is 6.52. The van der Waals surface area contributed by atoms with Gasteiger partial charge in [-0.05, 0) is 18.2 Å².